The summed E-state index contributed by atoms with van der Waals surface area (Å²) in [5.41, 5.74) is 19.3. The topological polar surface area (TPSA) is 35.9 Å². The average Bonchev–Trinajstić information content (AvgIpc) is 3.63. The zero-order chi connectivity index (χ0) is 29.9. The van der Waals surface area contributed by atoms with E-state index in [1.807, 2.05) is 0 Å². The summed E-state index contributed by atoms with van der Waals surface area (Å²) in [5.74, 6) is 0. The number of nitrogen functional groups attached to an aromatic ring is 1. The molecule has 9 rings (SSSR count). The summed E-state index contributed by atoms with van der Waals surface area (Å²) in [5, 5.41) is 4.88. The van der Waals surface area contributed by atoms with Crippen LogP contribution in [0.15, 0.2) is 164 Å². The quantitative estimate of drug-likeness (QED) is 0.208. The first-order valence-electron chi connectivity index (χ1n) is 15.3. The predicted molar refractivity (Wildman–Crippen MR) is 190 cm³/mol. The number of benzene rings is 7. The molecule has 0 bridgehead atoms. The van der Waals surface area contributed by atoms with Crippen LogP contribution in [0.25, 0.3) is 77.2 Å². The molecule has 0 aliphatic heterocycles. The van der Waals surface area contributed by atoms with E-state index in [2.05, 4.69) is 173 Å². The van der Waals surface area contributed by atoms with Crippen molar-refractivity contribution in [2.45, 2.75) is 0 Å². The molecule has 0 aliphatic rings. The van der Waals surface area contributed by atoms with Crippen molar-refractivity contribution in [1.29, 1.82) is 0 Å². The molecule has 0 radical (unpaired) electrons. The number of para-hydroxylation sites is 7. The summed E-state index contributed by atoms with van der Waals surface area (Å²) < 4.78 is 4.75. The Hall–Kier alpha value is -6.06. The van der Waals surface area contributed by atoms with Gasteiger partial charge in [0, 0.05) is 60.9 Å². The van der Waals surface area contributed by atoms with Gasteiger partial charge >= 0.3 is 0 Å². The Labute approximate surface area is 261 Å². The molecule has 0 saturated carbocycles. The molecule has 0 atom stereocenters. The van der Waals surface area contributed by atoms with Crippen LogP contribution in [-0.4, -0.2) is 9.13 Å². The van der Waals surface area contributed by atoms with Crippen molar-refractivity contribution in [3.05, 3.63) is 164 Å². The molecule has 45 heavy (non-hydrogen) atoms. The standard InChI is InChI=1S/C42H29N3/c43-40-32(36-24-12-22-34-30-18-7-9-26-38(30)44(41(34)36)28-14-3-1-4-15-28)20-11-21-33(40)37-25-13-23-35-31-19-8-10-27-39(31)45(42(35)37)29-16-5-2-6-17-29/h1-27H,43H2. The number of rotatable bonds is 4. The summed E-state index contributed by atoms with van der Waals surface area (Å²) in [7, 11) is 0. The Morgan fingerprint density at radius 1 is 0.311 bits per heavy atom. The smallest absolute Gasteiger partial charge is 0.0620 e. The van der Waals surface area contributed by atoms with Crippen LogP contribution < -0.4 is 5.73 Å². The molecule has 0 unspecified atom stereocenters. The first-order chi connectivity index (χ1) is 22.3. The van der Waals surface area contributed by atoms with E-state index in [1.54, 1.807) is 0 Å². The maximum atomic E-state index is 7.28. The fourth-order valence-corrected chi connectivity index (χ4v) is 7.20. The summed E-state index contributed by atoms with van der Waals surface area (Å²) in [6.45, 7) is 0. The third kappa shape index (κ3) is 3.77. The fourth-order valence-electron chi connectivity index (χ4n) is 7.20. The highest BCUT2D eigenvalue weighted by molar-refractivity contribution is 6.17. The van der Waals surface area contributed by atoms with Gasteiger partial charge in [-0.05, 0) is 36.4 Å². The highest BCUT2D eigenvalue weighted by Crippen LogP contribution is 2.44. The summed E-state index contributed by atoms with van der Waals surface area (Å²) in [6, 6.07) is 58.1. The number of nitrogens with zero attached hydrogens (tertiary/aromatic N) is 2. The van der Waals surface area contributed by atoms with Gasteiger partial charge in [-0.3, -0.25) is 0 Å². The Kier molecular flexibility index (Phi) is 5.66. The number of nitrogens with two attached hydrogens (primary N) is 1. The van der Waals surface area contributed by atoms with Crippen LogP contribution in [0.2, 0.25) is 0 Å². The Morgan fingerprint density at radius 2 is 0.667 bits per heavy atom. The van der Waals surface area contributed by atoms with Gasteiger partial charge in [-0.15, -0.1) is 0 Å². The zero-order valence-corrected chi connectivity index (χ0v) is 24.6. The molecule has 0 spiro atoms. The minimum absolute atomic E-state index is 0.771. The van der Waals surface area contributed by atoms with Gasteiger partial charge in [0.1, 0.15) is 0 Å². The second-order valence-electron chi connectivity index (χ2n) is 11.5. The van der Waals surface area contributed by atoms with E-state index >= 15 is 0 Å². The molecule has 2 heterocycles. The van der Waals surface area contributed by atoms with E-state index in [-0.39, 0.29) is 0 Å². The second kappa shape index (κ2) is 10.0. The van der Waals surface area contributed by atoms with Crippen molar-refractivity contribution >= 4 is 49.3 Å². The molecular formula is C42H29N3. The van der Waals surface area contributed by atoms with Crippen LogP contribution in [0.4, 0.5) is 5.69 Å². The van der Waals surface area contributed by atoms with E-state index in [9.17, 15) is 0 Å². The van der Waals surface area contributed by atoms with Gasteiger partial charge in [0.15, 0.2) is 0 Å². The van der Waals surface area contributed by atoms with Gasteiger partial charge in [0.05, 0.1) is 22.1 Å². The van der Waals surface area contributed by atoms with E-state index < -0.39 is 0 Å². The van der Waals surface area contributed by atoms with Crippen molar-refractivity contribution in [3.8, 4) is 33.6 Å². The normalized spacial score (nSPS) is 11.6. The van der Waals surface area contributed by atoms with Crippen molar-refractivity contribution in [3.63, 3.8) is 0 Å². The van der Waals surface area contributed by atoms with E-state index in [0.717, 1.165) is 50.3 Å². The number of fused-ring (bicyclic) bond motifs is 6. The van der Waals surface area contributed by atoms with Gasteiger partial charge < -0.3 is 14.9 Å². The second-order valence-corrected chi connectivity index (χ2v) is 11.5. The summed E-state index contributed by atoms with van der Waals surface area (Å²) in [6.07, 6.45) is 0. The fraction of sp³-hybridized carbons (Fsp3) is 0. The maximum Gasteiger partial charge on any atom is 0.0620 e. The molecule has 0 aliphatic carbocycles. The molecule has 9 aromatic rings. The van der Waals surface area contributed by atoms with Crippen LogP contribution in [-0.2, 0) is 0 Å². The SMILES string of the molecule is Nc1c(-c2cccc3c4ccccc4n(-c4ccccc4)c23)cccc1-c1cccc2c3ccccc3n(-c3ccccc3)c12. The zero-order valence-electron chi connectivity index (χ0n) is 24.6. The van der Waals surface area contributed by atoms with E-state index in [0.29, 0.717) is 0 Å². The van der Waals surface area contributed by atoms with Crippen molar-refractivity contribution in [2.75, 3.05) is 5.73 Å². The van der Waals surface area contributed by atoms with Crippen molar-refractivity contribution < 1.29 is 0 Å². The summed E-state index contributed by atoms with van der Waals surface area (Å²) >= 11 is 0. The number of aromatic nitrogens is 2. The highest BCUT2D eigenvalue weighted by Gasteiger charge is 2.21. The number of hydrogen-bond acceptors (Lipinski definition) is 1. The third-order valence-corrected chi connectivity index (χ3v) is 9.10. The maximum absolute atomic E-state index is 7.28. The average molecular weight is 576 g/mol. The first kappa shape index (κ1) is 25.4. The first-order valence-corrected chi connectivity index (χ1v) is 15.3. The molecule has 212 valence electrons. The largest absolute Gasteiger partial charge is 0.398 e. The van der Waals surface area contributed by atoms with Crippen LogP contribution >= 0.6 is 0 Å². The van der Waals surface area contributed by atoms with Crippen LogP contribution in [0, 0.1) is 0 Å². The molecule has 0 amide bonds. The Bertz CT molecular complexity index is 2360. The molecule has 3 nitrogen and oxygen atoms in total. The summed E-state index contributed by atoms with van der Waals surface area (Å²) in [4.78, 5) is 0. The minimum atomic E-state index is 0.771. The van der Waals surface area contributed by atoms with Gasteiger partial charge in [-0.2, -0.15) is 0 Å². The lowest BCUT2D eigenvalue weighted by molar-refractivity contribution is 1.18. The predicted octanol–water partition coefficient (Wildman–Crippen LogP) is 10.8. The lowest BCUT2D eigenvalue weighted by Crippen LogP contribution is -1.99. The van der Waals surface area contributed by atoms with Crippen LogP contribution in [0.5, 0.6) is 0 Å². The Morgan fingerprint density at radius 3 is 1.13 bits per heavy atom. The third-order valence-electron chi connectivity index (χ3n) is 9.10. The van der Waals surface area contributed by atoms with E-state index in [4.69, 9.17) is 5.73 Å². The van der Waals surface area contributed by atoms with Gasteiger partial charge in [-0.1, -0.05) is 127 Å². The van der Waals surface area contributed by atoms with Gasteiger partial charge in [0.2, 0.25) is 0 Å². The van der Waals surface area contributed by atoms with Crippen molar-refractivity contribution in [1.82, 2.24) is 9.13 Å². The number of anilines is 1. The van der Waals surface area contributed by atoms with Gasteiger partial charge in [-0.25, -0.2) is 0 Å². The number of hydrogen-bond donors (Lipinski definition) is 1. The monoisotopic (exact) mass is 575 g/mol. The molecule has 3 heteroatoms. The molecular weight excluding hydrogens is 546 g/mol. The molecule has 0 saturated heterocycles. The Balaban J connectivity index is 1.35. The van der Waals surface area contributed by atoms with Crippen molar-refractivity contribution in [2.24, 2.45) is 0 Å². The molecule has 2 aromatic heterocycles. The highest BCUT2D eigenvalue weighted by atomic mass is 15.0. The molecule has 0 fully saturated rings. The lowest BCUT2D eigenvalue weighted by Gasteiger charge is -2.17. The lowest BCUT2D eigenvalue weighted by atomic mass is 9.93. The van der Waals surface area contributed by atoms with Crippen LogP contribution in [0.1, 0.15) is 0 Å². The molecule has 7 aromatic carbocycles. The van der Waals surface area contributed by atoms with Crippen LogP contribution in [0.3, 0.4) is 0 Å². The van der Waals surface area contributed by atoms with E-state index in [1.165, 1.54) is 32.6 Å². The molecule has 2 N–H and O–H groups in total. The minimum Gasteiger partial charge on any atom is -0.398 e. The van der Waals surface area contributed by atoms with Gasteiger partial charge in [0.25, 0.3) is 0 Å².